The van der Waals surface area contributed by atoms with E-state index in [-0.39, 0.29) is 36.3 Å². The van der Waals surface area contributed by atoms with Crippen LogP contribution >= 0.6 is 0 Å². The predicted octanol–water partition coefficient (Wildman–Crippen LogP) is 2.04. The first-order chi connectivity index (χ1) is 10.2. The van der Waals surface area contributed by atoms with E-state index in [1.54, 1.807) is 0 Å². The van der Waals surface area contributed by atoms with Crippen LogP contribution in [0, 0.1) is 11.8 Å². The highest BCUT2D eigenvalue weighted by molar-refractivity contribution is 6.07. The van der Waals surface area contributed by atoms with E-state index in [9.17, 15) is 14.4 Å². The molecule has 5 nitrogen and oxygen atoms in total. The van der Waals surface area contributed by atoms with Gasteiger partial charge < -0.3 is 4.74 Å². The highest BCUT2D eigenvalue weighted by atomic mass is 16.5. The number of hydrogen-bond acceptors (Lipinski definition) is 4. The summed E-state index contributed by atoms with van der Waals surface area (Å²) in [5.41, 5.74) is 0. The number of carbonyl (C=O) groups is 3. The number of esters is 1. The minimum Gasteiger partial charge on any atom is -0.461 e. The largest absolute Gasteiger partial charge is 0.461 e. The van der Waals surface area contributed by atoms with E-state index < -0.39 is 5.97 Å². The van der Waals surface area contributed by atoms with E-state index in [0.29, 0.717) is 0 Å². The number of nitrogens with zero attached hydrogens (tertiary/aromatic N) is 1. The van der Waals surface area contributed by atoms with Crippen LogP contribution in [-0.4, -0.2) is 35.3 Å². The first-order valence-electron chi connectivity index (χ1n) is 8.21. The molecule has 2 amide bonds. The lowest BCUT2D eigenvalue weighted by Gasteiger charge is -2.23. The highest BCUT2D eigenvalue weighted by Gasteiger charge is 2.48. The van der Waals surface area contributed by atoms with Crippen molar-refractivity contribution >= 4 is 17.8 Å². The Labute approximate surface area is 125 Å². The molecule has 0 aromatic carbocycles. The third kappa shape index (κ3) is 2.97. The molecule has 0 bridgehead atoms. The molecule has 0 aromatic heterocycles. The van der Waals surface area contributed by atoms with E-state index in [1.165, 1.54) is 6.42 Å². The van der Waals surface area contributed by atoms with E-state index >= 15 is 0 Å². The molecule has 1 aliphatic heterocycles. The van der Waals surface area contributed by atoms with Gasteiger partial charge in [0, 0.05) is 0 Å². The molecule has 0 aromatic rings. The smallest absolute Gasteiger partial charge is 0.326 e. The summed E-state index contributed by atoms with van der Waals surface area (Å²) in [6, 6.07) is 0. The zero-order chi connectivity index (χ0) is 14.8. The second-order valence-corrected chi connectivity index (χ2v) is 6.51. The fourth-order valence-electron chi connectivity index (χ4n) is 3.92. The van der Waals surface area contributed by atoms with Gasteiger partial charge in [0.1, 0.15) is 12.6 Å². The van der Waals surface area contributed by atoms with E-state index in [0.717, 1.165) is 56.3 Å². The summed E-state index contributed by atoms with van der Waals surface area (Å²) < 4.78 is 5.42. The molecule has 2 atom stereocenters. The molecule has 116 valence electrons. The minimum absolute atomic E-state index is 0.0265. The molecule has 5 heteroatoms. The van der Waals surface area contributed by atoms with Gasteiger partial charge in [0.15, 0.2) is 0 Å². The van der Waals surface area contributed by atoms with Crippen molar-refractivity contribution in [2.45, 2.75) is 63.9 Å². The Bertz CT molecular complexity index is 418. The second-order valence-electron chi connectivity index (χ2n) is 6.51. The van der Waals surface area contributed by atoms with Crippen LogP contribution < -0.4 is 0 Å². The third-order valence-corrected chi connectivity index (χ3v) is 5.07. The van der Waals surface area contributed by atoms with Crippen molar-refractivity contribution in [3.63, 3.8) is 0 Å². The SMILES string of the molecule is O=C(CN1C(=O)C2CCCCC2C1=O)OC1CCCCC1. The number of likely N-dealkylation sites (tertiary alicyclic amines) is 1. The van der Waals surface area contributed by atoms with Crippen LogP contribution in [0.25, 0.3) is 0 Å². The summed E-state index contributed by atoms with van der Waals surface area (Å²) in [5, 5.41) is 0. The fraction of sp³-hybridized carbons (Fsp3) is 0.812. The summed E-state index contributed by atoms with van der Waals surface area (Å²) in [7, 11) is 0. The summed E-state index contributed by atoms with van der Waals surface area (Å²) in [6.07, 6.45) is 8.71. The predicted molar refractivity (Wildman–Crippen MR) is 75.1 cm³/mol. The Morgan fingerprint density at radius 1 is 0.905 bits per heavy atom. The number of carbonyl (C=O) groups excluding carboxylic acids is 3. The molecule has 2 saturated carbocycles. The lowest BCUT2D eigenvalue weighted by Crippen LogP contribution is -2.38. The second kappa shape index (κ2) is 6.16. The first kappa shape index (κ1) is 14.5. The van der Waals surface area contributed by atoms with Crippen LogP contribution in [0.3, 0.4) is 0 Å². The van der Waals surface area contributed by atoms with Crippen molar-refractivity contribution in [2.75, 3.05) is 6.54 Å². The molecule has 0 radical (unpaired) electrons. The Kier molecular flexibility index (Phi) is 4.27. The van der Waals surface area contributed by atoms with Crippen molar-refractivity contribution in [1.29, 1.82) is 0 Å². The maximum atomic E-state index is 12.3. The van der Waals surface area contributed by atoms with Crippen LogP contribution in [0.2, 0.25) is 0 Å². The standard InChI is InChI=1S/C16H23NO4/c18-14(21-11-6-2-1-3-7-11)10-17-15(19)12-8-4-5-9-13(12)16(17)20/h11-13H,1-10H2. The van der Waals surface area contributed by atoms with E-state index in [2.05, 4.69) is 0 Å². The monoisotopic (exact) mass is 293 g/mol. The molecule has 0 spiro atoms. The topological polar surface area (TPSA) is 63.7 Å². The Hall–Kier alpha value is -1.39. The fourth-order valence-corrected chi connectivity index (χ4v) is 3.92. The lowest BCUT2D eigenvalue weighted by molar-refractivity contribution is -0.157. The first-order valence-corrected chi connectivity index (χ1v) is 8.21. The molecule has 1 saturated heterocycles. The number of ether oxygens (including phenoxy) is 1. The zero-order valence-corrected chi connectivity index (χ0v) is 12.4. The van der Waals surface area contributed by atoms with Gasteiger partial charge in [-0.15, -0.1) is 0 Å². The van der Waals surface area contributed by atoms with Crippen molar-refractivity contribution in [1.82, 2.24) is 4.90 Å². The summed E-state index contributed by atoms with van der Waals surface area (Å²) in [5.74, 6) is -1.12. The summed E-state index contributed by atoms with van der Waals surface area (Å²) >= 11 is 0. The average Bonchev–Trinajstić information content (AvgIpc) is 2.74. The number of rotatable bonds is 3. The molecule has 21 heavy (non-hydrogen) atoms. The third-order valence-electron chi connectivity index (χ3n) is 5.07. The van der Waals surface area contributed by atoms with E-state index in [1.807, 2.05) is 0 Å². The van der Waals surface area contributed by atoms with Crippen LogP contribution in [0.5, 0.6) is 0 Å². The van der Waals surface area contributed by atoms with Gasteiger partial charge in [-0.05, 0) is 38.5 Å². The Morgan fingerprint density at radius 2 is 1.43 bits per heavy atom. The number of hydrogen-bond donors (Lipinski definition) is 0. The molecule has 2 unspecified atom stereocenters. The zero-order valence-electron chi connectivity index (χ0n) is 12.4. The van der Waals surface area contributed by atoms with Crippen LogP contribution in [-0.2, 0) is 19.1 Å². The van der Waals surface area contributed by atoms with Gasteiger partial charge in [-0.1, -0.05) is 19.3 Å². The summed E-state index contributed by atoms with van der Waals surface area (Å²) in [6.45, 7) is -0.193. The molecule has 3 aliphatic rings. The van der Waals surface area contributed by atoms with Crippen LogP contribution in [0.15, 0.2) is 0 Å². The van der Waals surface area contributed by atoms with Gasteiger partial charge in [-0.3, -0.25) is 19.3 Å². The molecule has 0 N–H and O–H groups in total. The number of fused-ring (bicyclic) bond motifs is 1. The van der Waals surface area contributed by atoms with Crippen LogP contribution in [0.1, 0.15) is 57.8 Å². The van der Waals surface area contributed by atoms with E-state index in [4.69, 9.17) is 4.74 Å². The Balaban J connectivity index is 1.57. The quantitative estimate of drug-likeness (QED) is 0.590. The minimum atomic E-state index is -0.428. The van der Waals surface area contributed by atoms with Crippen molar-refractivity contribution < 1.29 is 19.1 Å². The Morgan fingerprint density at radius 3 is 2.00 bits per heavy atom. The average molecular weight is 293 g/mol. The maximum absolute atomic E-state index is 12.3. The molecule has 3 fully saturated rings. The van der Waals surface area contributed by atoms with Gasteiger partial charge in [-0.2, -0.15) is 0 Å². The number of amides is 2. The highest BCUT2D eigenvalue weighted by Crippen LogP contribution is 2.37. The van der Waals surface area contributed by atoms with Gasteiger partial charge in [0.2, 0.25) is 11.8 Å². The normalized spacial score (nSPS) is 30.4. The number of imide groups is 1. The molecule has 1 heterocycles. The van der Waals surface area contributed by atoms with Gasteiger partial charge in [0.25, 0.3) is 0 Å². The molecule has 2 aliphatic carbocycles. The molecular formula is C16H23NO4. The van der Waals surface area contributed by atoms with Crippen molar-refractivity contribution in [3.05, 3.63) is 0 Å². The van der Waals surface area contributed by atoms with Crippen molar-refractivity contribution in [3.8, 4) is 0 Å². The van der Waals surface area contributed by atoms with Gasteiger partial charge in [-0.25, -0.2) is 0 Å². The lowest BCUT2D eigenvalue weighted by atomic mass is 9.81. The van der Waals surface area contributed by atoms with Gasteiger partial charge >= 0.3 is 5.97 Å². The maximum Gasteiger partial charge on any atom is 0.326 e. The molecule has 3 rings (SSSR count). The molecular weight excluding hydrogens is 270 g/mol. The van der Waals surface area contributed by atoms with Crippen LogP contribution in [0.4, 0.5) is 0 Å². The van der Waals surface area contributed by atoms with Gasteiger partial charge in [0.05, 0.1) is 11.8 Å². The van der Waals surface area contributed by atoms with Crippen molar-refractivity contribution in [2.24, 2.45) is 11.8 Å². The summed E-state index contributed by atoms with van der Waals surface area (Å²) in [4.78, 5) is 37.7.